The smallest absolute Gasteiger partial charge is 0.379 e. The van der Waals surface area contributed by atoms with Crippen LogP contribution in [0.25, 0.3) is 22.3 Å². The second kappa shape index (κ2) is 13.4. The van der Waals surface area contributed by atoms with E-state index in [1.165, 1.54) is 55.9 Å². The third-order valence-electron chi connectivity index (χ3n) is 8.94. The van der Waals surface area contributed by atoms with Gasteiger partial charge in [-0.1, -0.05) is 103 Å². The van der Waals surface area contributed by atoms with Crippen molar-refractivity contribution in [3.05, 3.63) is 106 Å². The van der Waals surface area contributed by atoms with Crippen LogP contribution in [0.15, 0.2) is 60.7 Å². The largest absolute Gasteiger partial charge is 4.00 e. The summed E-state index contributed by atoms with van der Waals surface area (Å²) >= 11 is 0. The van der Waals surface area contributed by atoms with Crippen LogP contribution in [0.5, 0.6) is 0 Å². The number of hydrogen-bond donors (Lipinski definition) is 0. The molecule has 4 bridgehead atoms. The molecule has 0 atom stereocenters. The van der Waals surface area contributed by atoms with Gasteiger partial charge in [-0.15, -0.1) is 69.8 Å². The molecule has 0 unspecified atom stereocenters. The molecule has 0 aliphatic carbocycles. The van der Waals surface area contributed by atoms with E-state index in [0.717, 1.165) is 24.2 Å². The molecule has 0 saturated heterocycles. The van der Waals surface area contributed by atoms with Crippen LogP contribution < -0.4 is 9.80 Å². The Hall–Kier alpha value is -2.83. The zero-order valence-corrected chi connectivity index (χ0v) is 30.0. The number of anilines is 2. The zero-order chi connectivity index (χ0) is 30.3. The maximum atomic E-state index is 3.93. The minimum absolute atomic E-state index is 0. The van der Waals surface area contributed by atoms with Gasteiger partial charge >= 0.3 is 21.1 Å². The Morgan fingerprint density at radius 3 is 1.21 bits per heavy atom. The maximum Gasteiger partial charge on any atom is 4.00 e. The van der Waals surface area contributed by atoms with Crippen molar-refractivity contribution in [2.24, 2.45) is 0 Å². The minimum Gasteiger partial charge on any atom is -0.379 e. The summed E-state index contributed by atoms with van der Waals surface area (Å²) in [5.74, 6) is 1.76. The number of benzene rings is 4. The van der Waals surface area contributed by atoms with Crippen molar-refractivity contribution in [3.63, 3.8) is 0 Å². The third-order valence-corrected chi connectivity index (χ3v) is 8.94. The van der Waals surface area contributed by atoms with Crippen LogP contribution in [0.2, 0.25) is 0 Å². The second-order valence-corrected chi connectivity index (χ2v) is 13.5. The van der Waals surface area contributed by atoms with E-state index in [-0.39, 0.29) is 21.1 Å². The SMILES string of the molecule is CC(C)c1ccc2c(c1)N(C)Cc1[c-]c(ccc1C(C)C)-c1ccc(C(C)C)cc1N(C)Cc1[c-]c-2ccc1C(C)C.[Pt+4]. The van der Waals surface area contributed by atoms with Gasteiger partial charge in [0.1, 0.15) is 0 Å². The summed E-state index contributed by atoms with van der Waals surface area (Å²) in [6.07, 6.45) is 0. The first kappa shape index (κ1) is 33.1. The Balaban J connectivity index is 0.00000423. The fraction of sp³-hybridized carbons (Fsp3) is 0.400. The van der Waals surface area contributed by atoms with Crippen LogP contribution in [-0.4, -0.2) is 14.1 Å². The van der Waals surface area contributed by atoms with Crippen molar-refractivity contribution >= 4 is 11.4 Å². The molecular formula is C40H48N2Pt+2. The number of hydrogen-bond acceptors (Lipinski definition) is 2. The van der Waals surface area contributed by atoms with E-state index >= 15 is 0 Å². The molecule has 1 aliphatic heterocycles. The van der Waals surface area contributed by atoms with Gasteiger partial charge in [0.25, 0.3) is 0 Å². The van der Waals surface area contributed by atoms with Gasteiger partial charge in [0.15, 0.2) is 0 Å². The molecule has 2 nitrogen and oxygen atoms in total. The molecule has 4 aromatic rings. The van der Waals surface area contributed by atoms with E-state index < -0.39 is 0 Å². The van der Waals surface area contributed by atoms with Gasteiger partial charge in [0.05, 0.1) is 0 Å². The second-order valence-electron chi connectivity index (χ2n) is 13.5. The average Bonchev–Trinajstić information content (AvgIpc) is 2.95. The van der Waals surface area contributed by atoms with Crippen molar-refractivity contribution in [2.75, 3.05) is 23.9 Å². The topological polar surface area (TPSA) is 6.48 Å². The maximum absolute atomic E-state index is 3.93. The van der Waals surface area contributed by atoms with Crippen molar-refractivity contribution in [2.45, 2.75) is 92.2 Å². The first-order chi connectivity index (χ1) is 19.9. The van der Waals surface area contributed by atoms with Crippen LogP contribution in [0.1, 0.15) is 112 Å². The summed E-state index contributed by atoms with van der Waals surface area (Å²) in [6.45, 7) is 19.9. The summed E-state index contributed by atoms with van der Waals surface area (Å²) in [5, 5.41) is 0. The molecule has 0 aromatic heterocycles. The molecule has 3 heteroatoms. The van der Waals surface area contributed by atoms with Crippen LogP contribution in [0, 0.1) is 12.1 Å². The third kappa shape index (κ3) is 6.81. The Morgan fingerprint density at radius 1 is 0.512 bits per heavy atom. The van der Waals surface area contributed by atoms with E-state index in [2.05, 4.69) is 152 Å². The number of nitrogens with zero attached hydrogens (tertiary/aromatic N) is 2. The van der Waals surface area contributed by atoms with Crippen molar-refractivity contribution in [3.8, 4) is 22.3 Å². The summed E-state index contributed by atoms with van der Waals surface area (Å²) < 4.78 is 0. The Morgan fingerprint density at radius 2 is 0.884 bits per heavy atom. The fourth-order valence-electron chi connectivity index (χ4n) is 6.31. The molecule has 5 rings (SSSR count). The monoisotopic (exact) mass is 751 g/mol. The first-order valence-corrected chi connectivity index (χ1v) is 15.8. The summed E-state index contributed by atoms with van der Waals surface area (Å²) in [4.78, 5) is 4.85. The fourth-order valence-corrected chi connectivity index (χ4v) is 6.31. The molecule has 0 N–H and O–H groups in total. The summed E-state index contributed by atoms with van der Waals surface area (Å²) in [5.41, 5.74) is 15.3. The van der Waals surface area contributed by atoms with E-state index in [9.17, 15) is 0 Å². The van der Waals surface area contributed by atoms with Crippen molar-refractivity contribution < 1.29 is 21.1 Å². The Kier molecular flexibility index (Phi) is 10.3. The van der Waals surface area contributed by atoms with Gasteiger partial charge in [-0.25, -0.2) is 0 Å². The molecule has 1 heterocycles. The van der Waals surface area contributed by atoms with E-state index in [1.807, 2.05) is 0 Å². The Bertz CT molecular complexity index is 1460. The molecule has 0 fully saturated rings. The van der Waals surface area contributed by atoms with Crippen LogP contribution in [-0.2, 0) is 34.2 Å². The van der Waals surface area contributed by atoms with Gasteiger partial charge < -0.3 is 9.80 Å². The molecule has 0 radical (unpaired) electrons. The predicted molar refractivity (Wildman–Crippen MR) is 182 cm³/mol. The summed E-state index contributed by atoms with van der Waals surface area (Å²) in [7, 11) is 4.47. The Labute approximate surface area is 275 Å². The molecular weight excluding hydrogens is 704 g/mol. The van der Waals surface area contributed by atoms with E-state index in [4.69, 9.17) is 0 Å². The van der Waals surface area contributed by atoms with Gasteiger partial charge in [-0.3, -0.25) is 0 Å². The van der Waals surface area contributed by atoms with Gasteiger partial charge in [0, 0.05) is 38.6 Å². The molecule has 226 valence electrons. The molecule has 0 spiro atoms. The van der Waals surface area contributed by atoms with Crippen LogP contribution in [0.3, 0.4) is 0 Å². The summed E-state index contributed by atoms with van der Waals surface area (Å²) in [6, 6.07) is 31.1. The van der Waals surface area contributed by atoms with Crippen molar-refractivity contribution in [1.82, 2.24) is 0 Å². The zero-order valence-electron chi connectivity index (χ0n) is 27.7. The normalized spacial score (nSPS) is 13.3. The quantitative estimate of drug-likeness (QED) is 0.192. The number of fused-ring (bicyclic) bond motifs is 8. The average molecular weight is 752 g/mol. The molecule has 0 amide bonds. The van der Waals surface area contributed by atoms with Crippen LogP contribution >= 0.6 is 0 Å². The van der Waals surface area contributed by atoms with Crippen LogP contribution in [0.4, 0.5) is 11.4 Å². The first-order valence-electron chi connectivity index (χ1n) is 15.8. The molecule has 4 aromatic carbocycles. The standard InChI is InChI=1S/C40H48N2.Pt/c1-25(2)29-11-17-37-31-13-15-36(28(7)8)34(19-31)24-42(10)40-22-30(26(3)4)12-18-38(40)32-14-16-35(27(5)6)33(20-32)23-41(9)39(37)21-29;/h11-18,21-22,25-28H,23-24H2,1-10H3;/q-2;+4. The molecule has 0 saturated carbocycles. The predicted octanol–water partition coefficient (Wildman–Crippen LogP) is 10.7. The van der Waals surface area contributed by atoms with E-state index in [0.29, 0.717) is 23.7 Å². The molecule has 1 aliphatic rings. The minimum atomic E-state index is 0. The number of rotatable bonds is 4. The van der Waals surface area contributed by atoms with E-state index in [1.54, 1.807) is 0 Å². The molecule has 43 heavy (non-hydrogen) atoms. The van der Waals surface area contributed by atoms with Gasteiger partial charge in [-0.2, -0.15) is 0 Å². The van der Waals surface area contributed by atoms with Gasteiger partial charge in [0.2, 0.25) is 0 Å². The van der Waals surface area contributed by atoms with Gasteiger partial charge in [-0.05, 0) is 35.1 Å². The van der Waals surface area contributed by atoms with Crippen molar-refractivity contribution in [1.29, 1.82) is 0 Å².